The number of ketones is 1. The van der Waals surface area contributed by atoms with E-state index in [2.05, 4.69) is 5.32 Å². The maximum Gasteiger partial charge on any atom is 0.243 e. The molecule has 1 N–H and O–H groups in total. The number of aryl methyl sites for hydroxylation is 2. The Kier molecular flexibility index (Phi) is 6.28. The molecule has 0 saturated carbocycles. The zero-order valence-electron chi connectivity index (χ0n) is 17.6. The number of sulfonamides is 1. The summed E-state index contributed by atoms with van der Waals surface area (Å²) in [4.78, 5) is 24.0. The summed E-state index contributed by atoms with van der Waals surface area (Å²) in [5, 5.41) is 2.94. The van der Waals surface area contributed by atoms with Gasteiger partial charge < -0.3 is 10.1 Å². The third kappa shape index (κ3) is 4.55. The minimum atomic E-state index is -3.85. The predicted molar refractivity (Wildman–Crippen MR) is 113 cm³/mol. The van der Waals surface area contributed by atoms with Crippen LogP contribution in [0.1, 0.15) is 46.4 Å². The summed E-state index contributed by atoms with van der Waals surface area (Å²) in [6, 6.07) is 9.47. The molecule has 160 valence electrons. The molecule has 2 aromatic carbocycles. The molecular formula is C22H26N2O5S. The van der Waals surface area contributed by atoms with E-state index in [1.807, 2.05) is 26.0 Å². The number of likely N-dealkylation sites (N-methyl/N-ethyl adjacent to an activating group) is 1. The van der Waals surface area contributed by atoms with Gasteiger partial charge in [-0.3, -0.25) is 9.59 Å². The fourth-order valence-corrected chi connectivity index (χ4v) is 4.72. The van der Waals surface area contributed by atoms with E-state index in [1.165, 1.54) is 38.2 Å². The van der Waals surface area contributed by atoms with Crippen LogP contribution in [-0.2, 0) is 14.8 Å². The molecule has 0 fully saturated rings. The molecule has 1 unspecified atom stereocenters. The summed E-state index contributed by atoms with van der Waals surface area (Å²) < 4.78 is 32.3. The summed E-state index contributed by atoms with van der Waals surface area (Å²) in [6.07, 6.45) is 0.616. The molecule has 8 heteroatoms. The molecule has 30 heavy (non-hydrogen) atoms. The maximum absolute atomic E-state index is 12.8. The van der Waals surface area contributed by atoms with E-state index in [0.29, 0.717) is 18.6 Å². The van der Waals surface area contributed by atoms with Crippen molar-refractivity contribution in [2.24, 2.45) is 0 Å². The normalized spacial score (nSPS) is 16.0. The van der Waals surface area contributed by atoms with Crippen molar-refractivity contribution in [3.8, 4) is 5.75 Å². The van der Waals surface area contributed by atoms with Gasteiger partial charge in [0.05, 0.1) is 24.1 Å². The third-order valence-electron chi connectivity index (χ3n) is 5.15. The first-order chi connectivity index (χ1) is 14.1. The summed E-state index contributed by atoms with van der Waals surface area (Å²) in [7, 11) is -2.49. The average molecular weight is 431 g/mol. The van der Waals surface area contributed by atoms with E-state index >= 15 is 0 Å². The lowest BCUT2D eigenvalue weighted by Crippen LogP contribution is -2.41. The lowest BCUT2D eigenvalue weighted by Gasteiger charge is -2.29. The van der Waals surface area contributed by atoms with Crippen molar-refractivity contribution >= 4 is 21.7 Å². The van der Waals surface area contributed by atoms with Crippen LogP contribution in [0.2, 0.25) is 0 Å². The van der Waals surface area contributed by atoms with Crippen LogP contribution >= 0.6 is 0 Å². The fraction of sp³-hybridized carbons (Fsp3) is 0.364. The molecule has 2 aromatic rings. The molecule has 3 rings (SSSR count). The second-order valence-corrected chi connectivity index (χ2v) is 9.64. The number of ether oxygens (including phenoxy) is 1. The fourth-order valence-electron chi connectivity index (χ4n) is 3.60. The number of nitrogens with one attached hydrogen (secondary N) is 1. The molecule has 0 spiro atoms. The molecule has 1 amide bonds. The van der Waals surface area contributed by atoms with E-state index in [-0.39, 0.29) is 23.3 Å². The van der Waals surface area contributed by atoms with Crippen LogP contribution in [0, 0.1) is 13.8 Å². The Morgan fingerprint density at radius 2 is 1.83 bits per heavy atom. The van der Waals surface area contributed by atoms with Crippen molar-refractivity contribution in [3.05, 3.63) is 58.7 Å². The molecule has 0 bridgehead atoms. The van der Waals surface area contributed by atoms with Gasteiger partial charge in [0, 0.05) is 24.6 Å². The molecule has 1 aliphatic rings. The monoisotopic (exact) mass is 430 g/mol. The Hall–Kier alpha value is -2.71. The van der Waals surface area contributed by atoms with Gasteiger partial charge in [0.1, 0.15) is 5.75 Å². The van der Waals surface area contributed by atoms with E-state index in [4.69, 9.17) is 4.74 Å². The van der Waals surface area contributed by atoms with Crippen molar-refractivity contribution < 1.29 is 22.7 Å². The zero-order chi connectivity index (χ0) is 22.1. The summed E-state index contributed by atoms with van der Waals surface area (Å²) in [5.41, 5.74) is 3.43. The van der Waals surface area contributed by atoms with Crippen LogP contribution < -0.4 is 10.1 Å². The second kappa shape index (κ2) is 8.57. The Morgan fingerprint density at radius 3 is 2.47 bits per heavy atom. The number of fused-ring (bicyclic) bond motifs is 1. The first kappa shape index (κ1) is 22.0. The van der Waals surface area contributed by atoms with Gasteiger partial charge in [-0.25, -0.2) is 8.42 Å². The van der Waals surface area contributed by atoms with Gasteiger partial charge in [0.2, 0.25) is 15.9 Å². The van der Waals surface area contributed by atoms with Gasteiger partial charge in [-0.2, -0.15) is 4.31 Å². The van der Waals surface area contributed by atoms with Crippen molar-refractivity contribution in [3.63, 3.8) is 0 Å². The first-order valence-corrected chi connectivity index (χ1v) is 11.1. The molecule has 0 aliphatic carbocycles. The molecule has 0 radical (unpaired) electrons. The van der Waals surface area contributed by atoms with Crippen LogP contribution in [0.25, 0.3) is 0 Å². The van der Waals surface area contributed by atoms with E-state index < -0.39 is 15.9 Å². The van der Waals surface area contributed by atoms with Gasteiger partial charge in [-0.1, -0.05) is 29.8 Å². The maximum atomic E-state index is 12.8. The lowest BCUT2D eigenvalue weighted by molar-refractivity contribution is -0.122. The van der Waals surface area contributed by atoms with Crippen LogP contribution in [0.5, 0.6) is 5.75 Å². The van der Waals surface area contributed by atoms with E-state index in [0.717, 1.165) is 26.7 Å². The molecular weight excluding hydrogens is 404 g/mol. The van der Waals surface area contributed by atoms with Gasteiger partial charge in [-0.15, -0.1) is 0 Å². The molecule has 1 atom stereocenters. The summed E-state index contributed by atoms with van der Waals surface area (Å²) >= 11 is 0. The van der Waals surface area contributed by atoms with Gasteiger partial charge in [0.25, 0.3) is 0 Å². The average Bonchev–Trinajstić information content (AvgIpc) is 2.68. The van der Waals surface area contributed by atoms with Crippen molar-refractivity contribution in [1.82, 2.24) is 9.62 Å². The molecule has 1 aliphatic heterocycles. The number of carbonyl (C=O) groups is 2. The number of amides is 1. The van der Waals surface area contributed by atoms with E-state index in [9.17, 15) is 18.0 Å². The largest absolute Gasteiger partial charge is 0.493 e. The van der Waals surface area contributed by atoms with Crippen LogP contribution in [0.4, 0.5) is 0 Å². The highest BCUT2D eigenvalue weighted by atomic mass is 32.2. The van der Waals surface area contributed by atoms with Crippen LogP contribution in [0.15, 0.2) is 41.3 Å². The molecule has 0 aromatic heterocycles. The highest BCUT2D eigenvalue weighted by molar-refractivity contribution is 7.89. The van der Waals surface area contributed by atoms with Crippen LogP contribution in [-0.4, -0.2) is 44.6 Å². The topological polar surface area (TPSA) is 92.8 Å². The van der Waals surface area contributed by atoms with Gasteiger partial charge in [-0.05, 0) is 38.5 Å². The van der Waals surface area contributed by atoms with Crippen molar-refractivity contribution in [1.29, 1.82) is 0 Å². The number of Topliss-reactive ketones (excluding diaryl/α,β-unsaturated/α-hetero) is 1. The SMILES string of the molecule is CC(=O)c1ccc(S(=O)(=O)N(C)CC(=O)NC2CCOc3c(C)cc(C)cc32)cc1. The molecule has 7 nitrogen and oxygen atoms in total. The number of hydrogen-bond acceptors (Lipinski definition) is 5. The van der Waals surface area contributed by atoms with E-state index in [1.54, 1.807) is 0 Å². The van der Waals surface area contributed by atoms with Crippen LogP contribution in [0.3, 0.4) is 0 Å². The molecule has 0 saturated heterocycles. The zero-order valence-corrected chi connectivity index (χ0v) is 18.4. The standard InChI is InChI=1S/C22H26N2O5S/c1-14-11-15(2)22-19(12-14)20(9-10-29-22)23-21(26)13-24(4)30(27,28)18-7-5-17(6-8-18)16(3)25/h5-8,11-12,20H,9-10,13H2,1-4H3,(H,23,26). The van der Waals surface area contributed by atoms with Gasteiger partial charge >= 0.3 is 0 Å². The second-order valence-electron chi connectivity index (χ2n) is 7.60. The predicted octanol–water partition coefficient (Wildman–Crippen LogP) is 2.77. The Morgan fingerprint density at radius 1 is 1.17 bits per heavy atom. The quantitative estimate of drug-likeness (QED) is 0.712. The number of carbonyl (C=O) groups excluding carboxylic acids is 2. The summed E-state index contributed by atoms with van der Waals surface area (Å²) in [5.74, 6) is 0.246. The number of nitrogens with zero attached hydrogens (tertiary/aromatic N) is 1. The first-order valence-electron chi connectivity index (χ1n) is 9.70. The minimum absolute atomic E-state index is 0.0328. The van der Waals surface area contributed by atoms with Crippen molar-refractivity contribution in [2.75, 3.05) is 20.2 Å². The Bertz CT molecular complexity index is 1080. The smallest absolute Gasteiger partial charge is 0.243 e. The lowest BCUT2D eigenvalue weighted by atomic mass is 9.95. The van der Waals surface area contributed by atoms with Gasteiger partial charge in [0.15, 0.2) is 5.78 Å². The molecule has 1 heterocycles. The summed E-state index contributed by atoms with van der Waals surface area (Å²) in [6.45, 7) is 5.54. The number of rotatable bonds is 6. The number of hydrogen-bond donors (Lipinski definition) is 1. The highest BCUT2D eigenvalue weighted by Crippen LogP contribution is 2.35. The Balaban J connectivity index is 1.71. The number of benzene rings is 2. The minimum Gasteiger partial charge on any atom is -0.493 e. The van der Waals surface area contributed by atoms with Crippen molar-refractivity contribution in [2.45, 2.75) is 38.1 Å². The third-order valence-corrected chi connectivity index (χ3v) is 6.96. The Labute approximate surface area is 177 Å². The highest BCUT2D eigenvalue weighted by Gasteiger charge is 2.27.